The molecule has 1 aromatic rings. The van der Waals surface area contributed by atoms with Gasteiger partial charge in [0.1, 0.15) is 5.76 Å². The summed E-state index contributed by atoms with van der Waals surface area (Å²) in [4.78, 5) is 42.2. The number of benzene rings is 1. The van der Waals surface area contributed by atoms with Crippen LogP contribution in [-0.2, 0) is 19.2 Å². The molecule has 0 aliphatic carbocycles. The van der Waals surface area contributed by atoms with Crippen LogP contribution in [0.15, 0.2) is 36.1 Å². The minimum atomic E-state index is -1.58. The maximum atomic E-state index is 10.5. The van der Waals surface area contributed by atoms with Crippen molar-refractivity contribution < 1.29 is 80.5 Å². The molecule has 280 valence electrons. The summed E-state index contributed by atoms with van der Waals surface area (Å²) in [6.45, 7) is 5.06. The molecule has 0 aliphatic heterocycles. The van der Waals surface area contributed by atoms with Crippen LogP contribution in [-0.4, -0.2) is 131 Å². The SMILES string of the molecule is CCC(CC)(C(=O)O)C(=O)O.CCC(CC)(C(=O)O)C(=O)O.OCC(CO)(CO)C(O)=Cc1ccccc1.OCCCO.OCCCO. The number of aliphatic hydroxyl groups excluding tert-OH is 8. The van der Waals surface area contributed by atoms with E-state index in [0.29, 0.717) is 12.8 Å². The average molecular weight is 697 g/mol. The van der Waals surface area contributed by atoms with Crippen molar-refractivity contribution in [1.29, 1.82) is 0 Å². The van der Waals surface area contributed by atoms with E-state index < -0.39 is 59.9 Å². The van der Waals surface area contributed by atoms with E-state index in [1.54, 1.807) is 52.0 Å². The molecular weight excluding hydrogens is 640 g/mol. The summed E-state index contributed by atoms with van der Waals surface area (Å²) in [5.41, 5.74) is -3.81. The predicted octanol–water partition coefficient (Wildman–Crippen LogP) is 1.20. The van der Waals surface area contributed by atoms with Gasteiger partial charge >= 0.3 is 23.9 Å². The Hall–Kier alpha value is -3.64. The molecule has 0 unspecified atom stereocenters. The topological polar surface area (TPSA) is 311 Å². The highest BCUT2D eigenvalue weighted by Crippen LogP contribution is 2.28. The summed E-state index contributed by atoms with van der Waals surface area (Å²) in [5.74, 6) is -5.25. The first-order valence-electron chi connectivity index (χ1n) is 15.2. The molecule has 12 N–H and O–H groups in total. The van der Waals surface area contributed by atoms with Gasteiger partial charge in [-0.05, 0) is 50.2 Å². The first-order valence-corrected chi connectivity index (χ1v) is 15.2. The zero-order valence-electron chi connectivity index (χ0n) is 28.2. The molecule has 0 saturated heterocycles. The molecule has 0 saturated carbocycles. The Labute approximate surface area is 280 Å². The lowest BCUT2D eigenvalue weighted by Crippen LogP contribution is -2.38. The first kappa shape index (κ1) is 51.2. The quantitative estimate of drug-likeness (QED) is 0.0804. The largest absolute Gasteiger partial charge is 0.511 e. The Morgan fingerprint density at radius 1 is 0.521 bits per heavy atom. The fourth-order valence-electron chi connectivity index (χ4n) is 3.29. The summed E-state index contributed by atoms with van der Waals surface area (Å²) in [7, 11) is 0. The summed E-state index contributed by atoms with van der Waals surface area (Å²) in [6, 6.07) is 8.99. The zero-order valence-corrected chi connectivity index (χ0v) is 28.2. The van der Waals surface area contributed by atoms with E-state index in [4.69, 9.17) is 56.2 Å². The fraction of sp³-hybridized carbons (Fsp3) is 0.625. The lowest BCUT2D eigenvalue weighted by molar-refractivity contribution is -0.167. The number of carboxylic acids is 4. The molecule has 0 fully saturated rings. The summed E-state index contributed by atoms with van der Waals surface area (Å²) in [5, 5.41) is 103. The molecular formula is C32H56O16. The highest BCUT2D eigenvalue weighted by molar-refractivity contribution is 5.98. The van der Waals surface area contributed by atoms with Gasteiger partial charge in [0, 0.05) is 26.4 Å². The van der Waals surface area contributed by atoms with Gasteiger partial charge in [0.2, 0.25) is 0 Å². The van der Waals surface area contributed by atoms with Crippen molar-refractivity contribution in [3.05, 3.63) is 41.7 Å². The van der Waals surface area contributed by atoms with Gasteiger partial charge in [-0.15, -0.1) is 0 Å². The Bertz CT molecular complexity index is 924. The van der Waals surface area contributed by atoms with Crippen LogP contribution >= 0.6 is 0 Å². The number of aliphatic carboxylic acids is 4. The zero-order chi connectivity index (χ0) is 38.4. The van der Waals surface area contributed by atoms with Gasteiger partial charge < -0.3 is 61.3 Å². The standard InChI is InChI=1S/C12H16O4.2C7H12O4.2C3H8O2/c13-7-12(8-14,9-15)11(16)6-10-4-2-1-3-5-10;2*1-3-7(4-2,5(8)9)6(10)11;2*4-2-1-3-5/h1-6,13-16H,7-9H2;2*3-4H2,1-2H3,(H,8,9)(H,10,11);2*4-5H,1-3H2. The highest BCUT2D eigenvalue weighted by atomic mass is 16.4. The Balaban J connectivity index is -0.000000270. The molecule has 0 amide bonds. The van der Waals surface area contributed by atoms with E-state index in [-0.39, 0.29) is 57.9 Å². The molecule has 1 rings (SSSR count). The van der Waals surface area contributed by atoms with Crippen LogP contribution in [0.4, 0.5) is 0 Å². The van der Waals surface area contributed by atoms with Gasteiger partial charge in [0.25, 0.3) is 0 Å². The highest BCUT2D eigenvalue weighted by Gasteiger charge is 2.43. The third kappa shape index (κ3) is 18.1. The Morgan fingerprint density at radius 3 is 0.938 bits per heavy atom. The molecule has 0 spiro atoms. The molecule has 1 aromatic carbocycles. The summed E-state index contributed by atoms with van der Waals surface area (Å²) >= 11 is 0. The van der Waals surface area contributed by atoms with Gasteiger partial charge in [0.05, 0.1) is 25.2 Å². The van der Waals surface area contributed by atoms with Crippen LogP contribution in [0.2, 0.25) is 0 Å². The van der Waals surface area contributed by atoms with E-state index in [1.165, 1.54) is 6.08 Å². The van der Waals surface area contributed by atoms with E-state index in [2.05, 4.69) is 0 Å². The second-order valence-electron chi connectivity index (χ2n) is 10.1. The van der Waals surface area contributed by atoms with E-state index >= 15 is 0 Å². The number of hydrogen-bond acceptors (Lipinski definition) is 12. The molecule has 0 radical (unpaired) electrons. The van der Waals surface area contributed by atoms with E-state index in [1.807, 2.05) is 6.07 Å². The number of carboxylic acid groups (broad SMARTS) is 4. The maximum absolute atomic E-state index is 10.5. The number of aliphatic hydroxyl groups is 8. The summed E-state index contributed by atoms with van der Waals surface area (Å²) in [6.07, 6.45) is 2.90. The number of hydrogen-bond donors (Lipinski definition) is 12. The molecule has 16 heteroatoms. The molecule has 0 aliphatic rings. The number of carbonyl (C=O) groups is 4. The minimum Gasteiger partial charge on any atom is -0.511 e. The van der Waals surface area contributed by atoms with Crippen molar-refractivity contribution in [3.63, 3.8) is 0 Å². The van der Waals surface area contributed by atoms with Crippen LogP contribution in [0.1, 0.15) is 71.8 Å². The Morgan fingerprint density at radius 2 is 0.792 bits per heavy atom. The molecule has 0 bridgehead atoms. The summed E-state index contributed by atoms with van der Waals surface area (Å²) < 4.78 is 0. The van der Waals surface area contributed by atoms with Crippen molar-refractivity contribution in [2.24, 2.45) is 16.2 Å². The second-order valence-corrected chi connectivity index (χ2v) is 10.1. The van der Waals surface area contributed by atoms with Gasteiger partial charge in [-0.1, -0.05) is 58.0 Å². The van der Waals surface area contributed by atoms with E-state index in [9.17, 15) is 24.3 Å². The van der Waals surface area contributed by atoms with Crippen molar-refractivity contribution in [2.45, 2.75) is 66.2 Å². The second kappa shape index (κ2) is 29.5. The van der Waals surface area contributed by atoms with Crippen LogP contribution < -0.4 is 0 Å². The van der Waals surface area contributed by atoms with Gasteiger partial charge in [-0.3, -0.25) is 19.2 Å². The van der Waals surface area contributed by atoms with Crippen molar-refractivity contribution in [1.82, 2.24) is 0 Å². The number of rotatable bonds is 17. The van der Waals surface area contributed by atoms with Gasteiger partial charge in [-0.2, -0.15) is 0 Å². The third-order valence-electron chi connectivity index (χ3n) is 7.24. The lowest BCUT2D eigenvalue weighted by atomic mass is 9.83. The van der Waals surface area contributed by atoms with Crippen molar-refractivity contribution in [2.75, 3.05) is 46.2 Å². The van der Waals surface area contributed by atoms with E-state index in [0.717, 1.165) is 5.56 Å². The molecule has 48 heavy (non-hydrogen) atoms. The first-order chi connectivity index (χ1) is 22.5. The van der Waals surface area contributed by atoms with Crippen LogP contribution in [0.5, 0.6) is 0 Å². The molecule has 0 aromatic heterocycles. The normalized spacial score (nSPS) is 11.1. The van der Waals surface area contributed by atoms with Gasteiger partial charge in [0.15, 0.2) is 10.8 Å². The van der Waals surface area contributed by atoms with Crippen molar-refractivity contribution in [3.8, 4) is 0 Å². The van der Waals surface area contributed by atoms with Crippen LogP contribution in [0.25, 0.3) is 6.08 Å². The van der Waals surface area contributed by atoms with Gasteiger partial charge in [-0.25, -0.2) is 0 Å². The van der Waals surface area contributed by atoms with Crippen molar-refractivity contribution >= 4 is 30.0 Å². The smallest absolute Gasteiger partial charge is 0.321 e. The van der Waals surface area contributed by atoms with Crippen LogP contribution in [0.3, 0.4) is 0 Å². The molecule has 0 atom stereocenters. The Kier molecular flexibility index (Phi) is 31.5. The predicted molar refractivity (Wildman–Crippen MR) is 175 cm³/mol. The molecule has 0 heterocycles. The third-order valence-corrected chi connectivity index (χ3v) is 7.24. The fourth-order valence-corrected chi connectivity index (χ4v) is 3.29. The van der Waals surface area contributed by atoms with Crippen LogP contribution in [0, 0.1) is 16.2 Å². The average Bonchev–Trinajstić information content (AvgIpc) is 3.06. The monoisotopic (exact) mass is 696 g/mol. The maximum Gasteiger partial charge on any atom is 0.321 e. The molecule has 16 nitrogen and oxygen atoms in total. The lowest BCUT2D eigenvalue weighted by Gasteiger charge is -2.26. The minimum absolute atomic E-state index is 0.0938.